The number of H-pyrrole nitrogens is 1. The highest BCUT2D eigenvalue weighted by molar-refractivity contribution is 9.10. The lowest BCUT2D eigenvalue weighted by molar-refractivity contribution is 0.0690. The van der Waals surface area contributed by atoms with Gasteiger partial charge in [-0.25, -0.2) is 9.48 Å². The van der Waals surface area contributed by atoms with Gasteiger partial charge in [-0.15, -0.1) is 0 Å². The highest BCUT2D eigenvalue weighted by atomic mass is 79.9. The van der Waals surface area contributed by atoms with Crippen molar-refractivity contribution in [3.63, 3.8) is 0 Å². The summed E-state index contributed by atoms with van der Waals surface area (Å²) in [5.41, 5.74) is 2.35. The molecule has 0 spiro atoms. The molecule has 7 heteroatoms. The number of halogens is 1. The van der Waals surface area contributed by atoms with E-state index >= 15 is 0 Å². The molecule has 2 aromatic heterocycles. The summed E-state index contributed by atoms with van der Waals surface area (Å²) in [6.07, 6.45) is 3.55. The molecule has 2 N–H and O–H groups in total. The van der Waals surface area contributed by atoms with E-state index < -0.39 is 5.97 Å². The maximum atomic E-state index is 10.8. The molecule has 2 heterocycles. The van der Waals surface area contributed by atoms with Gasteiger partial charge in [-0.1, -0.05) is 6.07 Å². The summed E-state index contributed by atoms with van der Waals surface area (Å²) in [5.74, 6) is -1.03. The normalized spacial score (nSPS) is 10.7. The van der Waals surface area contributed by atoms with Gasteiger partial charge in [0.2, 0.25) is 0 Å². The first-order valence-corrected chi connectivity index (χ1v) is 6.53. The van der Waals surface area contributed by atoms with E-state index in [2.05, 4.69) is 31.2 Å². The molecule has 20 heavy (non-hydrogen) atoms. The van der Waals surface area contributed by atoms with Gasteiger partial charge in [-0.2, -0.15) is 10.2 Å². The quantitative estimate of drug-likeness (QED) is 0.772. The number of hydrogen-bond acceptors (Lipinski definition) is 3. The minimum absolute atomic E-state index is 0.0623. The molecule has 3 aromatic rings. The van der Waals surface area contributed by atoms with Crippen LogP contribution in [0.25, 0.3) is 16.9 Å². The predicted octanol–water partition coefficient (Wildman–Crippen LogP) is 2.72. The number of aromatic carboxylic acids is 1. The lowest BCUT2D eigenvalue weighted by atomic mass is 10.1. The number of aromatic nitrogens is 4. The van der Waals surface area contributed by atoms with Crippen molar-refractivity contribution >= 4 is 21.9 Å². The van der Waals surface area contributed by atoms with Gasteiger partial charge in [0.05, 0.1) is 11.4 Å². The second kappa shape index (κ2) is 4.93. The average molecular weight is 333 g/mol. The van der Waals surface area contributed by atoms with Gasteiger partial charge in [0.15, 0.2) is 0 Å². The monoisotopic (exact) mass is 332 g/mol. The van der Waals surface area contributed by atoms with E-state index in [1.807, 2.05) is 30.5 Å². The summed E-state index contributed by atoms with van der Waals surface area (Å²) in [5, 5.41) is 19.5. The summed E-state index contributed by atoms with van der Waals surface area (Å²) in [6.45, 7) is 0. The highest BCUT2D eigenvalue weighted by Gasteiger charge is 2.11. The number of nitrogens with one attached hydrogen (secondary N) is 1. The third kappa shape index (κ3) is 2.23. The molecule has 0 bridgehead atoms. The number of carboxylic acid groups (broad SMARTS) is 1. The van der Waals surface area contributed by atoms with Crippen molar-refractivity contribution in [2.75, 3.05) is 0 Å². The lowest BCUT2D eigenvalue weighted by Crippen LogP contribution is -1.95. The molecule has 3 rings (SSSR count). The smallest absolute Gasteiger partial charge is 0.353 e. The van der Waals surface area contributed by atoms with Gasteiger partial charge in [0.25, 0.3) is 0 Å². The minimum Gasteiger partial charge on any atom is -0.477 e. The van der Waals surface area contributed by atoms with Crippen LogP contribution in [0.2, 0.25) is 0 Å². The molecule has 0 saturated carbocycles. The van der Waals surface area contributed by atoms with E-state index in [0.29, 0.717) is 5.69 Å². The predicted molar refractivity (Wildman–Crippen MR) is 75.8 cm³/mol. The van der Waals surface area contributed by atoms with Crippen molar-refractivity contribution in [2.24, 2.45) is 0 Å². The number of nitrogens with zero attached hydrogens (tertiary/aromatic N) is 3. The fraction of sp³-hybridized carbons (Fsp3) is 0. The first-order chi connectivity index (χ1) is 9.65. The number of aromatic amines is 1. The van der Waals surface area contributed by atoms with Crippen molar-refractivity contribution < 1.29 is 9.90 Å². The summed E-state index contributed by atoms with van der Waals surface area (Å²) >= 11 is 3.49. The van der Waals surface area contributed by atoms with Crippen molar-refractivity contribution in [3.8, 4) is 16.9 Å². The summed E-state index contributed by atoms with van der Waals surface area (Å²) in [4.78, 5) is 10.8. The van der Waals surface area contributed by atoms with Crippen LogP contribution in [0.4, 0.5) is 0 Å². The van der Waals surface area contributed by atoms with E-state index in [4.69, 9.17) is 5.11 Å². The molecule has 0 atom stereocenters. The third-order valence-electron chi connectivity index (χ3n) is 2.80. The van der Waals surface area contributed by atoms with Gasteiger partial charge in [-0.05, 0) is 40.2 Å². The summed E-state index contributed by atoms with van der Waals surface area (Å²) < 4.78 is 2.58. The molecule has 0 radical (unpaired) electrons. The Morgan fingerprint density at radius 2 is 2.20 bits per heavy atom. The topological polar surface area (TPSA) is 83.8 Å². The number of rotatable bonds is 3. The molecule has 0 aliphatic rings. The van der Waals surface area contributed by atoms with Crippen molar-refractivity contribution in [2.45, 2.75) is 0 Å². The maximum absolute atomic E-state index is 10.8. The van der Waals surface area contributed by atoms with Gasteiger partial charge < -0.3 is 5.11 Å². The molecular weight excluding hydrogens is 324 g/mol. The Morgan fingerprint density at radius 1 is 1.35 bits per heavy atom. The van der Waals surface area contributed by atoms with Crippen molar-refractivity contribution in [3.05, 3.63) is 52.9 Å². The zero-order valence-electron chi connectivity index (χ0n) is 10.1. The Labute approximate surface area is 122 Å². The second-order valence-electron chi connectivity index (χ2n) is 4.09. The molecule has 0 fully saturated rings. The van der Waals surface area contributed by atoms with Crippen LogP contribution in [-0.4, -0.2) is 31.1 Å². The Morgan fingerprint density at radius 3 is 2.80 bits per heavy atom. The van der Waals surface area contributed by atoms with E-state index in [9.17, 15) is 4.79 Å². The lowest BCUT2D eigenvalue weighted by Gasteiger charge is -2.06. The van der Waals surface area contributed by atoms with E-state index in [-0.39, 0.29) is 5.69 Å². The van der Waals surface area contributed by atoms with Crippen LogP contribution in [0.5, 0.6) is 0 Å². The zero-order valence-corrected chi connectivity index (χ0v) is 11.7. The van der Waals surface area contributed by atoms with Crippen LogP contribution in [0.1, 0.15) is 10.5 Å². The van der Waals surface area contributed by atoms with Crippen LogP contribution in [0.15, 0.2) is 47.2 Å². The SMILES string of the molecule is O=C(O)c1cc(-c2ccc(-n3cccn3)c(Br)c2)n[nH]1. The first kappa shape index (κ1) is 12.6. The van der Waals surface area contributed by atoms with Gasteiger partial charge in [0, 0.05) is 22.4 Å². The van der Waals surface area contributed by atoms with Crippen LogP contribution in [0.3, 0.4) is 0 Å². The molecule has 100 valence electrons. The molecule has 0 unspecified atom stereocenters. The zero-order chi connectivity index (χ0) is 14.1. The molecule has 0 saturated heterocycles. The van der Waals surface area contributed by atoms with Gasteiger partial charge >= 0.3 is 5.97 Å². The van der Waals surface area contributed by atoms with Crippen LogP contribution >= 0.6 is 15.9 Å². The minimum atomic E-state index is -1.03. The first-order valence-electron chi connectivity index (χ1n) is 5.74. The largest absolute Gasteiger partial charge is 0.477 e. The van der Waals surface area contributed by atoms with Crippen molar-refractivity contribution in [1.82, 2.24) is 20.0 Å². The average Bonchev–Trinajstić information content (AvgIpc) is 3.10. The number of carboxylic acids is 1. The summed E-state index contributed by atoms with van der Waals surface area (Å²) in [7, 11) is 0. The highest BCUT2D eigenvalue weighted by Crippen LogP contribution is 2.27. The maximum Gasteiger partial charge on any atom is 0.353 e. The fourth-order valence-electron chi connectivity index (χ4n) is 1.84. The summed E-state index contributed by atoms with van der Waals surface area (Å²) in [6, 6.07) is 8.97. The van der Waals surface area contributed by atoms with Gasteiger partial charge in [-0.3, -0.25) is 5.10 Å². The number of hydrogen-bond donors (Lipinski definition) is 2. The van der Waals surface area contributed by atoms with E-state index in [1.165, 1.54) is 6.07 Å². The molecule has 0 aliphatic heterocycles. The van der Waals surface area contributed by atoms with E-state index in [1.54, 1.807) is 10.9 Å². The fourth-order valence-corrected chi connectivity index (χ4v) is 2.40. The Hall–Kier alpha value is -2.41. The molecule has 0 amide bonds. The number of carbonyl (C=O) groups is 1. The van der Waals surface area contributed by atoms with Gasteiger partial charge in [0.1, 0.15) is 5.69 Å². The molecule has 6 nitrogen and oxygen atoms in total. The Kier molecular flexibility index (Phi) is 3.11. The number of benzene rings is 1. The second-order valence-corrected chi connectivity index (χ2v) is 4.94. The molecule has 1 aromatic carbocycles. The van der Waals surface area contributed by atoms with E-state index in [0.717, 1.165) is 15.7 Å². The standard InChI is InChI=1S/C13H9BrN4O2/c14-9-6-8(10-7-11(13(19)20)17-16-10)2-3-12(9)18-5-1-4-15-18/h1-7H,(H,16,17)(H,19,20). The Balaban J connectivity index is 1.99. The van der Waals surface area contributed by atoms with Crippen LogP contribution in [0, 0.1) is 0 Å². The van der Waals surface area contributed by atoms with Crippen molar-refractivity contribution in [1.29, 1.82) is 0 Å². The molecular formula is C13H9BrN4O2. The Bertz CT molecular complexity index is 765. The van der Waals surface area contributed by atoms with Crippen LogP contribution in [-0.2, 0) is 0 Å². The van der Waals surface area contributed by atoms with Crippen LogP contribution < -0.4 is 0 Å². The molecule has 0 aliphatic carbocycles. The third-order valence-corrected chi connectivity index (χ3v) is 3.44.